The molecule has 3 heteroatoms. The predicted octanol–water partition coefficient (Wildman–Crippen LogP) is 5.97. The molecule has 0 radical (unpaired) electrons. The van der Waals surface area contributed by atoms with Crippen LogP contribution in [0.15, 0.2) is 65.7 Å². The van der Waals surface area contributed by atoms with Crippen molar-refractivity contribution < 1.29 is 0 Å². The number of hydrogen-bond acceptors (Lipinski definition) is 3. The summed E-state index contributed by atoms with van der Waals surface area (Å²) in [5.74, 6) is 6.49. The lowest BCUT2D eigenvalue weighted by Gasteiger charge is -1.94. The highest BCUT2D eigenvalue weighted by Crippen LogP contribution is 2.26. The molecular weight excluding hydrogens is 336 g/mol. The molecule has 0 spiro atoms. The average molecular weight is 359 g/mol. The van der Waals surface area contributed by atoms with E-state index in [2.05, 4.69) is 48.0 Å². The Balaban J connectivity index is 1.83. The van der Waals surface area contributed by atoms with Crippen LogP contribution in [0.4, 0.5) is 0 Å². The quantitative estimate of drug-likeness (QED) is 0.303. The topological polar surface area (TPSA) is 25.2 Å². The van der Waals surface area contributed by atoms with Crippen LogP contribution in [-0.4, -0.2) is 11.2 Å². The van der Waals surface area contributed by atoms with Crippen LogP contribution in [0.25, 0.3) is 10.6 Å². The van der Waals surface area contributed by atoms with Crippen LogP contribution >= 0.6 is 11.3 Å². The number of aliphatic imine (C=N–C) groups is 1. The summed E-state index contributed by atoms with van der Waals surface area (Å²) in [5, 5.41) is 0.992. The van der Waals surface area contributed by atoms with Crippen LogP contribution in [0.5, 0.6) is 0 Å². The Hall–Kier alpha value is -2.70. The molecule has 0 aliphatic rings. The lowest BCUT2D eigenvalue weighted by molar-refractivity contribution is 0.828. The Morgan fingerprint density at radius 2 is 1.77 bits per heavy atom. The Kier molecular flexibility index (Phi) is 6.75. The molecule has 1 aromatic heterocycles. The van der Waals surface area contributed by atoms with E-state index in [4.69, 9.17) is 4.98 Å². The Morgan fingerprint density at radius 1 is 1.04 bits per heavy atom. The highest BCUT2D eigenvalue weighted by Gasteiger charge is 2.09. The molecule has 0 amide bonds. The highest BCUT2D eigenvalue weighted by atomic mass is 32.1. The first-order valence-corrected chi connectivity index (χ1v) is 9.77. The monoisotopic (exact) mass is 358 g/mol. The van der Waals surface area contributed by atoms with Crippen LogP contribution in [-0.2, 0) is 6.54 Å². The molecule has 2 nitrogen and oxygen atoms in total. The lowest BCUT2D eigenvalue weighted by atomic mass is 10.2. The maximum absolute atomic E-state index is 4.76. The SMILES string of the molecule is CCCCC#Cc1nc(-c2ccccc2)sc1C=NCc1ccccc1. The van der Waals surface area contributed by atoms with Crippen molar-refractivity contribution in [3.8, 4) is 22.4 Å². The van der Waals surface area contributed by atoms with Gasteiger partial charge in [0, 0.05) is 18.2 Å². The van der Waals surface area contributed by atoms with Gasteiger partial charge in [-0.05, 0) is 17.9 Å². The van der Waals surface area contributed by atoms with Crippen LogP contribution < -0.4 is 0 Å². The number of benzene rings is 2. The van der Waals surface area contributed by atoms with Crippen molar-refractivity contribution in [3.63, 3.8) is 0 Å². The third kappa shape index (κ3) is 5.15. The molecule has 0 unspecified atom stereocenters. The van der Waals surface area contributed by atoms with Gasteiger partial charge in [-0.3, -0.25) is 4.99 Å². The van der Waals surface area contributed by atoms with Gasteiger partial charge in [0.15, 0.2) is 0 Å². The fourth-order valence-corrected chi connectivity index (χ4v) is 3.36. The number of nitrogens with zero attached hydrogens (tertiary/aromatic N) is 2. The summed E-state index contributed by atoms with van der Waals surface area (Å²) in [6, 6.07) is 20.5. The van der Waals surface area contributed by atoms with E-state index >= 15 is 0 Å². The van der Waals surface area contributed by atoms with E-state index in [-0.39, 0.29) is 0 Å². The van der Waals surface area contributed by atoms with Gasteiger partial charge in [-0.15, -0.1) is 11.3 Å². The van der Waals surface area contributed by atoms with E-state index in [0.29, 0.717) is 6.54 Å². The van der Waals surface area contributed by atoms with Gasteiger partial charge in [0.05, 0.1) is 11.4 Å². The minimum absolute atomic E-state index is 0.669. The molecule has 2 aromatic carbocycles. The zero-order chi connectivity index (χ0) is 18.0. The normalized spacial score (nSPS) is 10.7. The number of unbranched alkanes of at least 4 members (excludes halogenated alkanes) is 2. The highest BCUT2D eigenvalue weighted by molar-refractivity contribution is 7.16. The molecule has 3 rings (SSSR count). The van der Waals surface area contributed by atoms with Crippen molar-refractivity contribution in [2.45, 2.75) is 32.7 Å². The third-order valence-electron chi connectivity index (χ3n) is 3.86. The molecule has 0 atom stereocenters. The van der Waals surface area contributed by atoms with E-state index < -0.39 is 0 Å². The van der Waals surface area contributed by atoms with E-state index in [1.165, 1.54) is 5.56 Å². The fraction of sp³-hybridized carbons (Fsp3) is 0.217. The lowest BCUT2D eigenvalue weighted by Crippen LogP contribution is -1.86. The molecule has 0 fully saturated rings. The minimum atomic E-state index is 0.669. The van der Waals surface area contributed by atoms with Crippen LogP contribution in [0.3, 0.4) is 0 Å². The molecular formula is C23H22N2S. The van der Waals surface area contributed by atoms with Gasteiger partial charge in [-0.1, -0.05) is 79.9 Å². The van der Waals surface area contributed by atoms with E-state index in [9.17, 15) is 0 Å². The first-order chi connectivity index (χ1) is 12.9. The summed E-state index contributed by atoms with van der Waals surface area (Å²) in [4.78, 5) is 10.4. The molecule has 0 saturated heterocycles. The van der Waals surface area contributed by atoms with Crippen molar-refractivity contribution in [1.82, 2.24) is 4.98 Å². The van der Waals surface area contributed by atoms with E-state index in [0.717, 1.165) is 40.4 Å². The molecule has 3 aromatic rings. The summed E-state index contributed by atoms with van der Waals surface area (Å²) in [6.45, 7) is 2.85. The zero-order valence-corrected chi connectivity index (χ0v) is 15.8. The molecule has 26 heavy (non-hydrogen) atoms. The Labute approximate surface area is 159 Å². The number of thiazole rings is 1. The third-order valence-corrected chi connectivity index (χ3v) is 4.90. The number of aromatic nitrogens is 1. The fourth-order valence-electron chi connectivity index (χ4n) is 2.44. The van der Waals surface area contributed by atoms with Crippen molar-refractivity contribution in [2.24, 2.45) is 4.99 Å². The summed E-state index contributed by atoms with van der Waals surface area (Å²) < 4.78 is 0. The Bertz CT molecular complexity index is 900. The number of hydrogen-bond donors (Lipinski definition) is 0. The second-order valence-electron chi connectivity index (χ2n) is 5.96. The summed E-state index contributed by atoms with van der Waals surface area (Å²) in [6.07, 6.45) is 5.11. The van der Waals surface area contributed by atoms with Crippen molar-refractivity contribution >= 4 is 17.6 Å². The van der Waals surface area contributed by atoms with Crippen LogP contribution in [0.1, 0.15) is 42.3 Å². The van der Waals surface area contributed by atoms with E-state index in [1.807, 2.05) is 42.6 Å². The van der Waals surface area contributed by atoms with Crippen LogP contribution in [0.2, 0.25) is 0 Å². The van der Waals surface area contributed by atoms with Crippen molar-refractivity contribution in [2.75, 3.05) is 0 Å². The van der Waals surface area contributed by atoms with Gasteiger partial charge < -0.3 is 0 Å². The van der Waals surface area contributed by atoms with Gasteiger partial charge in [-0.25, -0.2) is 4.98 Å². The zero-order valence-electron chi connectivity index (χ0n) is 15.0. The minimum Gasteiger partial charge on any atom is -0.287 e. The summed E-state index contributed by atoms with van der Waals surface area (Å²) >= 11 is 1.65. The molecule has 1 heterocycles. The maximum Gasteiger partial charge on any atom is 0.133 e. The van der Waals surface area contributed by atoms with Gasteiger partial charge in [0.2, 0.25) is 0 Å². The maximum atomic E-state index is 4.76. The van der Waals surface area contributed by atoms with Crippen molar-refractivity contribution in [3.05, 3.63) is 76.8 Å². The molecule has 0 aliphatic carbocycles. The molecule has 0 aliphatic heterocycles. The van der Waals surface area contributed by atoms with Gasteiger partial charge in [-0.2, -0.15) is 0 Å². The smallest absolute Gasteiger partial charge is 0.133 e. The predicted molar refractivity (Wildman–Crippen MR) is 112 cm³/mol. The average Bonchev–Trinajstić information content (AvgIpc) is 3.10. The molecule has 0 N–H and O–H groups in total. The largest absolute Gasteiger partial charge is 0.287 e. The summed E-state index contributed by atoms with van der Waals surface area (Å²) in [7, 11) is 0. The summed E-state index contributed by atoms with van der Waals surface area (Å²) in [5.41, 5.74) is 3.16. The standard InChI is InChI=1S/C23H22N2S/c1-2-3-4-11-16-21-22(18-24-17-19-12-7-5-8-13-19)26-23(25-21)20-14-9-6-10-15-20/h5-10,12-15,18H,2-4,17H2,1H3. The Morgan fingerprint density at radius 3 is 2.50 bits per heavy atom. The van der Waals surface area contributed by atoms with Crippen LogP contribution in [0, 0.1) is 11.8 Å². The number of rotatable bonds is 6. The first kappa shape index (κ1) is 18.1. The first-order valence-electron chi connectivity index (χ1n) is 8.95. The van der Waals surface area contributed by atoms with Gasteiger partial charge >= 0.3 is 0 Å². The van der Waals surface area contributed by atoms with E-state index in [1.54, 1.807) is 11.3 Å². The molecule has 0 bridgehead atoms. The van der Waals surface area contributed by atoms with Crippen molar-refractivity contribution in [1.29, 1.82) is 0 Å². The second-order valence-corrected chi connectivity index (χ2v) is 6.99. The molecule has 130 valence electrons. The molecule has 0 saturated carbocycles. The van der Waals surface area contributed by atoms with Gasteiger partial charge in [0.25, 0.3) is 0 Å². The van der Waals surface area contributed by atoms with Gasteiger partial charge in [0.1, 0.15) is 10.7 Å². The second kappa shape index (κ2) is 9.70.